The Hall–Kier alpha value is -1.87. The first-order valence-electron chi connectivity index (χ1n) is 6.24. The summed E-state index contributed by atoms with van der Waals surface area (Å²) < 4.78 is 43.4. The average molecular weight is 305 g/mol. The van der Waals surface area contributed by atoms with Crippen LogP contribution in [0, 0.1) is 0 Å². The highest BCUT2D eigenvalue weighted by Crippen LogP contribution is 2.32. The molecule has 1 fully saturated rings. The van der Waals surface area contributed by atoms with Crippen molar-refractivity contribution < 1.29 is 27.8 Å². The van der Waals surface area contributed by atoms with Crippen molar-refractivity contribution in [3.8, 4) is 0 Å². The Morgan fingerprint density at radius 2 is 2.24 bits per heavy atom. The molecule has 1 saturated heterocycles. The summed E-state index contributed by atoms with van der Waals surface area (Å²) in [7, 11) is 0. The summed E-state index contributed by atoms with van der Waals surface area (Å²) in [6.07, 6.45) is -4.38. The highest BCUT2D eigenvalue weighted by atomic mass is 19.4. The lowest BCUT2D eigenvalue weighted by Crippen LogP contribution is -2.41. The molecule has 1 aliphatic heterocycles. The lowest BCUT2D eigenvalue weighted by molar-refractivity contribution is -0.137. The molecule has 9 heteroatoms. The van der Waals surface area contributed by atoms with Crippen LogP contribution in [0.1, 0.15) is 12.5 Å². The van der Waals surface area contributed by atoms with Gasteiger partial charge in [0.05, 0.1) is 12.2 Å². The minimum atomic E-state index is -4.54. The van der Waals surface area contributed by atoms with E-state index < -0.39 is 36.6 Å². The van der Waals surface area contributed by atoms with Crippen molar-refractivity contribution >= 4 is 11.8 Å². The molecule has 0 radical (unpaired) electrons. The van der Waals surface area contributed by atoms with E-state index >= 15 is 0 Å². The Balaban J connectivity index is 2.34. The molecule has 0 aliphatic carbocycles. The second-order valence-electron chi connectivity index (χ2n) is 4.35. The Morgan fingerprint density at radius 1 is 1.52 bits per heavy atom. The summed E-state index contributed by atoms with van der Waals surface area (Å²) in [5.74, 6) is -0.191. The lowest BCUT2D eigenvalue weighted by Gasteiger charge is -2.23. The van der Waals surface area contributed by atoms with E-state index in [9.17, 15) is 23.1 Å². The van der Waals surface area contributed by atoms with Gasteiger partial charge in [0.2, 0.25) is 0 Å². The summed E-state index contributed by atoms with van der Waals surface area (Å²) in [5.41, 5.74) is -0.920. The monoisotopic (exact) mass is 305 g/mol. The molecule has 2 amide bonds. The van der Waals surface area contributed by atoms with Crippen LogP contribution in [0.15, 0.2) is 18.3 Å². The molecule has 1 aliphatic rings. The molecule has 1 aromatic rings. The number of hydrogen-bond donors (Lipinski definition) is 2. The van der Waals surface area contributed by atoms with Crippen molar-refractivity contribution in [1.82, 2.24) is 10.3 Å². The quantitative estimate of drug-likeness (QED) is 0.880. The van der Waals surface area contributed by atoms with Gasteiger partial charge in [0.1, 0.15) is 11.9 Å². The Labute approximate surface area is 118 Å². The first-order chi connectivity index (χ1) is 9.88. The van der Waals surface area contributed by atoms with Gasteiger partial charge in [0.15, 0.2) is 6.23 Å². The third-order valence-corrected chi connectivity index (χ3v) is 3.02. The fourth-order valence-electron chi connectivity index (χ4n) is 2.08. The number of carbonyl (C=O) groups excluding carboxylic acids is 1. The van der Waals surface area contributed by atoms with Crippen molar-refractivity contribution in [3.63, 3.8) is 0 Å². The summed E-state index contributed by atoms with van der Waals surface area (Å²) in [6.45, 7) is 1.51. The number of halogens is 3. The number of urea groups is 1. The van der Waals surface area contributed by atoms with Crippen LogP contribution in [-0.4, -0.2) is 41.6 Å². The van der Waals surface area contributed by atoms with Gasteiger partial charge in [0.25, 0.3) is 0 Å². The van der Waals surface area contributed by atoms with Crippen LogP contribution in [0.2, 0.25) is 0 Å². The van der Waals surface area contributed by atoms with Crippen LogP contribution < -0.4 is 10.2 Å². The lowest BCUT2D eigenvalue weighted by atomic mass is 10.2. The van der Waals surface area contributed by atoms with E-state index in [0.29, 0.717) is 0 Å². The maximum atomic E-state index is 12.7. The number of aliphatic hydroxyl groups is 1. The smallest absolute Gasteiger partial charge is 0.394 e. The Kier molecular flexibility index (Phi) is 4.33. The summed E-state index contributed by atoms with van der Waals surface area (Å²) >= 11 is 0. The molecular formula is C12H14F3N3O3. The van der Waals surface area contributed by atoms with Crippen LogP contribution in [0.4, 0.5) is 23.8 Å². The molecule has 2 unspecified atom stereocenters. The van der Waals surface area contributed by atoms with E-state index in [-0.39, 0.29) is 12.4 Å². The molecule has 0 bridgehead atoms. The van der Waals surface area contributed by atoms with E-state index in [1.807, 2.05) is 0 Å². The van der Waals surface area contributed by atoms with Gasteiger partial charge in [-0.1, -0.05) is 0 Å². The molecule has 2 N–H and O–H groups in total. The van der Waals surface area contributed by atoms with E-state index in [2.05, 4.69) is 10.3 Å². The molecule has 2 atom stereocenters. The number of hydrogen-bond acceptors (Lipinski definition) is 4. The van der Waals surface area contributed by atoms with Crippen molar-refractivity contribution in [2.45, 2.75) is 25.4 Å². The number of nitrogens with one attached hydrogen (secondary N) is 1. The van der Waals surface area contributed by atoms with E-state index in [1.165, 1.54) is 0 Å². The van der Waals surface area contributed by atoms with Crippen LogP contribution >= 0.6 is 0 Å². The average Bonchev–Trinajstić information content (AvgIpc) is 2.74. The van der Waals surface area contributed by atoms with Gasteiger partial charge in [0, 0.05) is 12.8 Å². The van der Waals surface area contributed by atoms with Gasteiger partial charge in [-0.3, -0.25) is 4.90 Å². The van der Waals surface area contributed by atoms with Gasteiger partial charge in [-0.25, -0.2) is 9.78 Å². The molecule has 21 heavy (non-hydrogen) atoms. The van der Waals surface area contributed by atoms with Crippen molar-refractivity contribution in [1.29, 1.82) is 0 Å². The number of pyridine rings is 1. The minimum absolute atomic E-state index is 0.191. The predicted octanol–water partition coefficient (Wildman–Crippen LogP) is 1.35. The van der Waals surface area contributed by atoms with Crippen molar-refractivity contribution in [2.75, 3.05) is 18.1 Å². The molecule has 2 heterocycles. The standard InChI is InChI=1S/C12H14F3N3O3/c1-2-21-10-8(6-19)18(11(20)17-10)9-5-7(3-4-16-9)12(13,14)15/h3-5,8,10,19H,2,6H2,1H3,(H,17,20). The molecule has 116 valence electrons. The van der Waals surface area contributed by atoms with Gasteiger partial charge in [-0.2, -0.15) is 13.2 Å². The van der Waals surface area contributed by atoms with Crippen LogP contribution in [-0.2, 0) is 10.9 Å². The van der Waals surface area contributed by atoms with Gasteiger partial charge in [-0.05, 0) is 19.1 Å². The number of rotatable bonds is 4. The number of ether oxygens (including phenoxy) is 1. The highest BCUT2D eigenvalue weighted by Gasteiger charge is 2.42. The van der Waals surface area contributed by atoms with E-state index in [1.54, 1.807) is 6.92 Å². The molecule has 0 saturated carbocycles. The summed E-state index contributed by atoms with van der Waals surface area (Å²) in [5, 5.41) is 11.8. The van der Waals surface area contributed by atoms with Crippen LogP contribution in [0.5, 0.6) is 0 Å². The van der Waals surface area contributed by atoms with Crippen LogP contribution in [0.3, 0.4) is 0 Å². The Bertz CT molecular complexity index is 524. The molecule has 0 aromatic carbocycles. The Morgan fingerprint density at radius 3 is 2.81 bits per heavy atom. The fraction of sp³-hybridized carbons (Fsp3) is 0.500. The number of anilines is 1. The molecule has 2 rings (SSSR count). The SMILES string of the molecule is CCOC1NC(=O)N(c2cc(C(F)(F)F)ccn2)C1CO. The van der Waals surface area contributed by atoms with E-state index in [0.717, 1.165) is 23.2 Å². The molecule has 6 nitrogen and oxygen atoms in total. The van der Waals surface area contributed by atoms with Gasteiger partial charge < -0.3 is 15.2 Å². The number of amides is 2. The summed E-state index contributed by atoms with van der Waals surface area (Å²) in [4.78, 5) is 16.6. The van der Waals surface area contributed by atoms with Gasteiger partial charge >= 0.3 is 12.2 Å². The normalized spacial score (nSPS) is 22.5. The summed E-state index contributed by atoms with van der Waals surface area (Å²) in [6, 6.07) is 0.0647. The largest absolute Gasteiger partial charge is 0.416 e. The maximum Gasteiger partial charge on any atom is 0.416 e. The predicted molar refractivity (Wildman–Crippen MR) is 66.5 cm³/mol. The van der Waals surface area contributed by atoms with Gasteiger partial charge in [-0.15, -0.1) is 0 Å². The third-order valence-electron chi connectivity index (χ3n) is 3.02. The second kappa shape index (κ2) is 5.86. The van der Waals surface area contributed by atoms with Crippen LogP contribution in [0.25, 0.3) is 0 Å². The zero-order chi connectivity index (χ0) is 15.6. The maximum absolute atomic E-state index is 12.7. The number of nitrogens with zero attached hydrogens (tertiary/aromatic N) is 2. The van der Waals surface area contributed by atoms with E-state index in [4.69, 9.17) is 4.74 Å². The first-order valence-corrected chi connectivity index (χ1v) is 6.24. The topological polar surface area (TPSA) is 74.7 Å². The number of alkyl halides is 3. The van der Waals surface area contributed by atoms with Crippen molar-refractivity contribution in [2.24, 2.45) is 0 Å². The second-order valence-corrected chi connectivity index (χ2v) is 4.35. The number of aromatic nitrogens is 1. The first kappa shape index (κ1) is 15.5. The molecular weight excluding hydrogens is 291 g/mol. The fourth-order valence-corrected chi connectivity index (χ4v) is 2.08. The number of aliphatic hydroxyl groups excluding tert-OH is 1. The molecule has 0 spiro atoms. The molecule has 1 aromatic heterocycles. The number of carbonyl (C=O) groups is 1. The minimum Gasteiger partial charge on any atom is -0.394 e. The third kappa shape index (κ3) is 3.08. The zero-order valence-corrected chi connectivity index (χ0v) is 11.1. The van der Waals surface area contributed by atoms with Crippen molar-refractivity contribution in [3.05, 3.63) is 23.9 Å². The highest BCUT2D eigenvalue weighted by molar-refractivity contribution is 5.94. The zero-order valence-electron chi connectivity index (χ0n) is 11.1.